The minimum atomic E-state index is -4.86. The van der Waals surface area contributed by atoms with Crippen molar-refractivity contribution in [1.82, 2.24) is 4.98 Å². The summed E-state index contributed by atoms with van der Waals surface area (Å²) in [7, 11) is 0. The van der Waals surface area contributed by atoms with E-state index in [1.807, 2.05) is 0 Å². The summed E-state index contributed by atoms with van der Waals surface area (Å²) < 4.78 is 69.8. The topological polar surface area (TPSA) is 104 Å². The summed E-state index contributed by atoms with van der Waals surface area (Å²) in [5.74, 6) is -0.793. The number of primary amides is 1. The van der Waals surface area contributed by atoms with Gasteiger partial charge in [-0.3, -0.25) is 14.0 Å². The SMILES string of the molecule is C[C@]1(CCF)COC[C@@H](COc2ccc(-c3cc(C(N)=O)c(=O)[nH]c3C(F)(F)F)cc2)O1. The first-order valence-corrected chi connectivity index (χ1v) is 9.71. The molecular formula is C21H22F4N2O5. The third-order valence-electron chi connectivity index (χ3n) is 4.98. The molecule has 2 atom stereocenters. The Hall–Kier alpha value is -2.92. The number of pyridine rings is 1. The number of amides is 1. The quantitative estimate of drug-likeness (QED) is 0.621. The highest BCUT2D eigenvalue weighted by atomic mass is 19.4. The van der Waals surface area contributed by atoms with Gasteiger partial charge in [-0.05, 0) is 30.7 Å². The Balaban J connectivity index is 1.78. The van der Waals surface area contributed by atoms with Crippen molar-refractivity contribution >= 4 is 5.91 Å². The maximum absolute atomic E-state index is 13.4. The number of rotatable bonds is 7. The molecule has 3 rings (SSSR count). The average molecular weight is 458 g/mol. The van der Waals surface area contributed by atoms with Gasteiger partial charge >= 0.3 is 6.18 Å². The molecule has 1 fully saturated rings. The van der Waals surface area contributed by atoms with Crippen LogP contribution < -0.4 is 16.0 Å². The number of halogens is 4. The van der Waals surface area contributed by atoms with Crippen molar-refractivity contribution in [3.8, 4) is 16.9 Å². The van der Waals surface area contributed by atoms with Crippen molar-refractivity contribution < 1.29 is 36.6 Å². The van der Waals surface area contributed by atoms with Crippen LogP contribution in [-0.2, 0) is 15.7 Å². The fourth-order valence-electron chi connectivity index (χ4n) is 3.37. The summed E-state index contributed by atoms with van der Waals surface area (Å²) in [4.78, 5) is 24.9. The summed E-state index contributed by atoms with van der Waals surface area (Å²) >= 11 is 0. The number of nitrogens with one attached hydrogen (secondary N) is 1. The number of H-pyrrole nitrogens is 1. The fraction of sp³-hybridized carbons (Fsp3) is 0.429. The number of alkyl halides is 4. The third kappa shape index (κ3) is 5.46. The van der Waals surface area contributed by atoms with Crippen LogP contribution in [0.3, 0.4) is 0 Å². The number of benzene rings is 1. The molecule has 174 valence electrons. The number of hydrogen-bond donors (Lipinski definition) is 2. The second-order valence-corrected chi connectivity index (χ2v) is 7.64. The lowest BCUT2D eigenvalue weighted by molar-refractivity contribution is -0.201. The van der Waals surface area contributed by atoms with Crippen LogP contribution in [0.2, 0.25) is 0 Å². The van der Waals surface area contributed by atoms with E-state index in [4.69, 9.17) is 19.9 Å². The molecule has 0 radical (unpaired) electrons. The molecular weight excluding hydrogens is 436 g/mol. The summed E-state index contributed by atoms with van der Waals surface area (Å²) in [6.07, 6.45) is -5.11. The van der Waals surface area contributed by atoms with Gasteiger partial charge in [0.2, 0.25) is 0 Å². The molecule has 1 aromatic carbocycles. The van der Waals surface area contributed by atoms with Gasteiger partial charge in [-0.15, -0.1) is 0 Å². The van der Waals surface area contributed by atoms with Crippen LogP contribution >= 0.6 is 0 Å². The number of nitrogens with two attached hydrogens (primary N) is 1. The molecule has 0 unspecified atom stereocenters. The zero-order valence-corrected chi connectivity index (χ0v) is 17.1. The van der Waals surface area contributed by atoms with Crippen LogP contribution in [0.1, 0.15) is 29.4 Å². The summed E-state index contributed by atoms with van der Waals surface area (Å²) in [5, 5.41) is 0. The van der Waals surface area contributed by atoms with E-state index in [-0.39, 0.29) is 31.8 Å². The molecule has 0 aliphatic carbocycles. The first kappa shape index (κ1) is 23.7. The number of hydrogen-bond acceptors (Lipinski definition) is 5. The van der Waals surface area contributed by atoms with E-state index in [0.717, 1.165) is 6.07 Å². The normalized spacial score (nSPS) is 21.3. The van der Waals surface area contributed by atoms with E-state index in [9.17, 15) is 27.2 Å². The molecule has 1 aromatic heterocycles. The standard InChI is InChI=1S/C21H22F4N2O5/c1-20(6-7-22)11-30-9-14(32-20)10-31-13-4-2-12(3-5-13)15-8-16(18(26)28)19(29)27-17(15)21(23,24)25/h2-5,8,14H,6-7,9-11H2,1H3,(H2,26,28)(H,27,29)/t14-,20-/m0/s1. The Morgan fingerprint density at radius 1 is 1.31 bits per heavy atom. The first-order chi connectivity index (χ1) is 15.0. The molecule has 1 saturated heterocycles. The van der Waals surface area contributed by atoms with E-state index in [2.05, 4.69) is 0 Å². The zero-order chi connectivity index (χ0) is 23.5. The lowest BCUT2D eigenvalue weighted by atomic mass is 10.0. The molecule has 0 spiro atoms. The minimum Gasteiger partial charge on any atom is -0.491 e. The van der Waals surface area contributed by atoms with Crippen LogP contribution in [0.5, 0.6) is 5.75 Å². The number of ether oxygens (including phenoxy) is 3. The highest BCUT2D eigenvalue weighted by molar-refractivity contribution is 5.94. The van der Waals surface area contributed by atoms with Gasteiger partial charge in [-0.25, -0.2) is 0 Å². The van der Waals surface area contributed by atoms with Crippen LogP contribution in [0.15, 0.2) is 35.1 Å². The van der Waals surface area contributed by atoms with E-state index < -0.39 is 52.8 Å². The molecule has 0 bridgehead atoms. The van der Waals surface area contributed by atoms with Gasteiger partial charge in [0.1, 0.15) is 29.7 Å². The molecule has 2 heterocycles. The maximum atomic E-state index is 13.4. The van der Waals surface area contributed by atoms with Crippen molar-refractivity contribution in [2.24, 2.45) is 5.73 Å². The van der Waals surface area contributed by atoms with Crippen molar-refractivity contribution in [2.75, 3.05) is 26.5 Å². The Morgan fingerprint density at radius 2 is 2.00 bits per heavy atom. The lowest BCUT2D eigenvalue weighted by Crippen LogP contribution is -2.47. The van der Waals surface area contributed by atoms with Gasteiger partial charge in [0.15, 0.2) is 0 Å². The van der Waals surface area contributed by atoms with Gasteiger partial charge in [0, 0.05) is 12.0 Å². The fourth-order valence-corrected chi connectivity index (χ4v) is 3.37. The number of aromatic nitrogens is 1. The summed E-state index contributed by atoms with van der Waals surface area (Å²) in [6.45, 7) is 1.84. The zero-order valence-electron chi connectivity index (χ0n) is 17.1. The molecule has 1 aliphatic heterocycles. The summed E-state index contributed by atoms with van der Waals surface area (Å²) in [6, 6.07) is 6.41. The Bertz CT molecular complexity index is 1020. The van der Waals surface area contributed by atoms with Crippen molar-refractivity contribution in [1.29, 1.82) is 0 Å². The highest BCUT2D eigenvalue weighted by Crippen LogP contribution is 2.36. The van der Waals surface area contributed by atoms with Gasteiger partial charge in [0.25, 0.3) is 11.5 Å². The number of carbonyl (C=O) groups is 1. The smallest absolute Gasteiger partial charge is 0.431 e. The largest absolute Gasteiger partial charge is 0.491 e. The predicted molar refractivity (Wildman–Crippen MR) is 106 cm³/mol. The van der Waals surface area contributed by atoms with E-state index in [1.54, 1.807) is 11.9 Å². The van der Waals surface area contributed by atoms with Crippen molar-refractivity contribution in [3.63, 3.8) is 0 Å². The number of aromatic amines is 1. The Kier molecular flexibility index (Phi) is 6.89. The molecule has 7 nitrogen and oxygen atoms in total. The molecule has 1 aliphatic rings. The number of carbonyl (C=O) groups excluding carboxylic acids is 1. The van der Waals surface area contributed by atoms with Crippen LogP contribution in [0.4, 0.5) is 17.6 Å². The monoisotopic (exact) mass is 458 g/mol. The Morgan fingerprint density at radius 3 is 2.59 bits per heavy atom. The van der Waals surface area contributed by atoms with E-state index in [1.165, 1.54) is 24.3 Å². The molecule has 32 heavy (non-hydrogen) atoms. The van der Waals surface area contributed by atoms with Gasteiger partial charge in [0.05, 0.1) is 25.5 Å². The third-order valence-corrected chi connectivity index (χ3v) is 4.98. The van der Waals surface area contributed by atoms with Gasteiger partial charge in [-0.1, -0.05) is 12.1 Å². The molecule has 0 saturated carbocycles. The highest BCUT2D eigenvalue weighted by Gasteiger charge is 2.36. The lowest BCUT2D eigenvalue weighted by Gasteiger charge is -2.37. The maximum Gasteiger partial charge on any atom is 0.431 e. The van der Waals surface area contributed by atoms with Crippen molar-refractivity contribution in [2.45, 2.75) is 31.2 Å². The predicted octanol–water partition coefficient (Wildman–Crippen LogP) is 3.07. The van der Waals surface area contributed by atoms with Crippen LogP contribution in [0, 0.1) is 0 Å². The second-order valence-electron chi connectivity index (χ2n) is 7.64. The van der Waals surface area contributed by atoms with Gasteiger partial charge < -0.3 is 24.9 Å². The van der Waals surface area contributed by atoms with Crippen LogP contribution in [0.25, 0.3) is 11.1 Å². The average Bonchev–Trinajstić information content (AvgIpc) is 2.71. The minimum absolute atomic E-state index is 0.0937. The van der Waals surface area contributed by atoms with Crippen molar-refractivity contribution in [3.05, 3.63) is 51.9 Å². The molecule has 2 aromatic rings. The molecule has 3 N–H and O–H groups in total. The molecule has 11 heteroatoms. The van der Waals surface area contributed by atoms with Gasteiger partial charge in [-0.2, -0.15) is 13.2 Å². The van der Waals surface area contributed by atoms with E-state index in [0.29, 0.717) is 5.75 Å². The summed E-state index contributed by atoms with van der Waals surface area (Å²) in [5.41, 5.74) is 0.941. The van der Waals surface area contributed by atoms with E-state index >= 15 is 0 Å². The second kappa shape index (κ2) is 9.29. The first-order valence-electron chi connectivity index (χ1n) is 9.71. The van der Waals surface area contributed by atoms with Crippen LogP contribution in [-0.4, -0.2) is 49.1 Å². The Labute approximate surface area is 180 Å². The molecule has 1 amide bonds.